The number of likely N-dealkylation sites (tertiary alicyclic amines) is 1. The molecule has 1 saturated carbocycles. The van der Waals surface area contributed by atoms with Crippen LogP contribution in [0.1, 0.15) is 43.7 Å². The number of nitrogens with one attached hydrogen (secondary N) is 2. The third kappa shape index (κ3) is 7.27. The molecule has 7 heteroatoms. The molecule has 6 nitrogen and oxygen atoms in total. The Kier molecular flexibility index (Phi) is 10.7. The first-order chi connectivity index (χ1) is 14.1. The molecule has 1 aromatic carbocycles. The molecule has 1 saturated heterocycles. The first-order valence-electron chi connectivity index (χ1n) is 11.1. The molecule has 2 unspecified atom stereocenters. The Morgan fingerprint density at radius 2 is 1.73 bits per heavy atom. The summed E-state index contributed by atoms with van der Waals surface area (Å²) in [5, 5.41) is 7.15. The summed E-state index contributed by atoms with van der Waals surface area (Å²) in [4.78, 5) is 9.42. The van der Waals surface area contributed by atoms with Crippen molar-refractivity contribution in [2.75, 3.05) is 54.4 Å². The summed E-state index contributed by atoms with van der Waals surface area (Å²) in [6.45, 7) is 4.11. The van der Waals surface area contributed by atoms with Crippen LogP contribution in [0.4, 0.5) is 0 Å². The fourth-order valence-corrected chi connectivity index (χ4v) is 4.38. The highest BCUT2D eigenvalue weighted by atomic mass is 127. The van der Waals surface area contributed by atoms with Crippen LogP contribution in [0.2, 0.25) is 0 Å². The van der Waals surface area contributed by atoms with Crippen LogP contribution in [-0.4, -0.2) is 76.2 Å². The third-order valence-electron chi connectivity index (χ3n) is 6.33. The second kappa shape index (κ2) is 12.7. The Hall–Kier alpha value is -1.06. The summed E-state index contributed by atoms with van der Waals surface area (Å²) >= 11 is 0. The molecule has 1 aliphatic carbocycles. The van der Waals surface area contributed by atoms with E-state index < -0.39 is 0 Å². The van der Waals surface area contributed by atoms with E-state index in [1.54, 1.807) is 7.11 Å². The molecule has 0 radical (unpaired) electrons. The lowest BCUT2D eigenvalue weighted by Gasteiger charge is -2.35. The van der Waals surface area contributed by atoms with Crippen LogP contribution in [-0.2, 0) is 0 Å². The van der Waals surface area contributed by atoms with Crippen molar-refractivity contribution in [1.82, 2.24) is 20.4 Å². The van der Waals surface area contributed by atoms with Crippen LogP contribution < -0.4 is 15.4 Å². The summed E-state index contributed by atoms with van der Waals surface area (Å²) in [6, 6.07) is 9.45. The standard InChI is InChI=1S/C23H39N5O.HI/c1-24-23(25-16-21(27(2)3)18-8-9-18)26-17-22(28-14-6-5-7-15-28)19-10-12-20(29-4)13-11-19;/h10-13,18,21-22H,5-9,14-17H2,1-4H3,(H2,24,25,26);1H. The Morgan fingerprint density at radius 3 is 2.27 bits per heavy atom. The zero-order chi connectivity index (χ0) is 20.6. The van der Waals surface area contributed by atoms with Gasteiger partial charge < -0.3 is 20.3 Å². The van der Waals surface area contributed by atoms with Crippen LogP contribution in [0.3, 0.4) is 0 Å². The van der Waals surface area contributed by atoms with Gasteiger partial charge >= 0.3 is 0 Å². The minimum absolute atomic E-state index is 0. The molecule has 2 fully saturated rings. The van der Waals surface area contributed by atoms with Crippen molar-refractivity contribution in [2.45, 2.75) is 44.2 Å². The molecule has 1 aromatic rings. The molecule has 2 atom stereocenters. The molecule has 1 aliphatic heterocycles. The highest BCUT2D eigenvalue weighted by Gasteiger charge is 2.32. The molecule has 30 heavy (non-hydrogen) atoms. The first-order valence-corrected chi connectivity index (χ1v) is 11.1. The van der Waals surface area contributed by atoms with Gasteiger partial charge in [0.05, 0.1) is 13.2 Å². The number of likely N-dealkylation sites (N-methyl/N-ethyl adjacent to an activating group) is 1. The SMILES string of the molecule is CN=C(NCC(C1CC1)N(C)C)NCC(c1ccc(OC)cc1)N1CCCCC1.I. The fourth-order valence-electron chi connectivity index (χ4n) is 4.38. The molecule has 2 aliphatic rings. The van der Waals surface area contributed by atoms with Crippen molar-refractivity contribution in [2.24, 2.45) is 10.9 Å². The van der Waals surface area contributed by atoms with Gasteiger partial charge in [-0.3, -0.25) is 9.89 Å². The predicted octanol–water partition coefficient (Wildman–Crippen LogP) is 3.35. The molecule has 0 bridgehead atoms. The number of hydrogen-bond acceptors (Lipinski definition) is 4. The number of methoxy groups -OCH3 is 1. The van der Waals surface area contributed by atoms with Crippen LogP contribution >= 0.6 is 24.0 Å². The second-order valence-corrected chi connectivity index (χ2v) is 8.59. The maximum absolute atomic E-state index is 5.35. The third-order valence-corrected chi connectivity index (χ3v) is 6.33. The Morgan fingerprint density at radius 1 is 1.10 bits per heavy atom. The Balaban J connectivity index is 0.00000320. The average molecular weight is 530 g/mol. The molecule has 2 N–H and O–H groups in total. The molecule has 3 rings (SSSR count). The molecular formula is C23H40IN5O. The van der Waals surface area contributed by atoms with Gasteiger partial charge in [-0.05, 0) is 76.5 Å². The number of aliphatic imine (C=N–C) groups is 1. The van der Waals surface area contributed by atoms with E-state index in [4.69, 9.17) is 4.74 Å². The highest BCUT2D eigenvalue weighted by molar-refractivity contribution is 14.0. The quantitative estimate of drug-likeness (QED) is 0.292. The van der Waals surface area contributed by atoms with E-state index >= 15 is 0 Å². The fraction of sp³-hybridized carbons (Fsp3) is 0.696. The number of rotatable bonds is 9. The van der Waals surface area contributed by atoms with Crippen LogP contribution in [0.25, 0.3) is 0 Å². The largest absolute Gasteiger partial charge is 0.497 e. The van der Waals surface area contributed by atoms with Crippen LogP contribution in [0.15, 0.2) is 29.3 Å². The molecule has 0 amide bonds. The smallest absolute Gasteiger partial charge is 0.191 e. The van der Waals surface area contributed by atoms with Crippen molar-refractivity contribution < 1.29 is 4.74 Å². The lowest BCUT2D eigenvalue weighted by Crippen LogP contribution is -2.48. The first kappa shape index (κ1) is 25.2. The normalized spacial score (nSPS) is 19.7. The minimum atomic E-state index is 0. The van der Waals surface area contributed by atoms with Gasteiger partial charge in [-0.1, -0.05) is 18.6 Å². The molecular weight excluding hydrogens is 489 g/mol. The van der Waals surface area contributed by atoms with Crippen LogP contribution in [0.5, 0.6) is 5.75 Å². The number of guanidine groups is 1. The summed E-state index contributed by atoms with van der Waals surface area (Å²) in [7, 11) is 7.94. The van der Waals surface area contributed by atoms with Crippen LogP contribution in [0, 0.1) is 5.92 Å². The van der Waals surface area contributed by atoms with Crippen molar-refractivity contribution in [3.63, 3.8) is 0 Å². The molecule has 0 spiro atoms. The maximum atomic E-state index is 5.35. The Bertz CT molecular complexity index is 639. The van der Waals surface area contributed by atoms with Gasteiger partial charge in [0.2, 0.25) is 0 Å². The summed E-state index contributed by atoms with van der Waals surface area (Å²) in [6.07, 6.45) is 6.61. The van der Waals surface area contributed by atoms with Crippen molar-refractivity contribution >= 4 is 29.9 Å². The van der Waals surface area contributed by atoms with E-state index in [0.29, 0.717) is 12.1 Å². The van der Waals surface area contributed by atoms with E-state index in [9.17, 15) is 0 Å². The van der Waals surface area contributed by atoms with Crippen molar-refractivity contribution in [3.8, 4) is 5.75 Å². The van der Waals surface area contributed by atoms with Crippen molar-refractivity contribution in [3.05, 3.63) is 29.8 Å². The number of benzene rings is 1. The van der Waals surface area contributed by atoms with E-state index in [-0.39, 0.29) is 24.0 Å². The number of halogens is 1. The van der Waals surface area contributed by atoms with E-state index in [1.807, 2.05) is 7.05 Å². The zero-order valence-corrected chi connectivity index (χ0v) is 21.4. The summed E-state index contributed by atoms with van der Waals surface area (Å²) in [5.74, 6) is 2.63. The lowest BCUT2D eigenvalue weighted by molar-refractivity contribution is 0.164. The average Bonchev–Trinajstić information content (AvgIpc) is 3.58. The van der Waals surface area contributed by atoms with Gasteiger partial charge in [-0.15, -0.1) is 24.0 Å². The number of ether oxygens (including phenoxy) is 1. The van der Waals surface area contributed by atoms with Gasteiger partial charge in [-0.2, -0.15) is 0 Å². The van der Waals surface area contributed by atoms with Gasteiger partial charge in [0.25, 0.3) is 0 Å². The predicted molar refractivity (Wildman–Crippen MR) is 136 cm³/mol. The molecule has 1 heterocycles. The van der Waals surface area contributed by atoms with Gasteiger partial charge in [0.1, 0.15) is 5.75 Å². The van der Waals surface area contributed by atoms with E-state index in [1.165, 1.54) is 37.7 Å². The van der Waals surface area contributed by atoms with E-state index in [2.05, 4.69) is 63.8 Å². The number of hydrogen-bond donors (Lipinski definition) is 2. The van der Waals surface area contributed by atoms with Gasteiger partial charge in [-0.25, -0.2) is 0 Å². The lowest BCUT2D eigenvalue weighted by atomic mass is 10.0. The summed E-state index contributed by atoms with van der Waals surface area (Å²) in [5.41, 5.74) is 1.33. The topological polar surface area (TPSA) is 52.1 Å². The van der Waals surface area contributed by atoms with E-state index in [0.717, 1.165) is 43.8 Å². The van der Waals surface area contributed by atoms with Gasteiger partial charge in [0.15, 0.2) is 5.96 Å². The monoisotopic (exact) mass is 529 g/mol. The van der Waals surface area contributed by atoms with Gasteiger partial charge in [0, 0.05) is 26.2 Å². The number of nitrogens with zero attached hydrogens (tertiary/aromatic N) is 3. The minimum Gasteiger partial charge on any atom is -0.497 e. The maximum Gasteiger partial charge on any atom is 0.191 e. The second-order valence-electron chi connectivity index (χ2n) is 8.59. The molecule has 170 valence electrons. The Labute approximate surface area is 199 Å². The van der Waals surface area contributed by atoms with Crippen molar-refractivity contribution in [1.29, 1.82) is 0 Å². The summed E-state index contributed by atoms with van der Waals surface area (Å²) < 4.78 is 5.35. The number of piperidine rings is 1. The zero-order valence-electron chi connectivity index (χ0n) is 19.1. The molecule has 0 aromatic heterocycles. The highest BCUT2D eigenvalue weighted by Crippen LogP contribution is 2.34.